The Morgan fingerprint density at radius 1 is 0.857 bits per heavy atom. The lowest BCUT2D eigenvalue weighted by Crippen LogP contribution is -2.04. The van der Waals surface area contributed by atoms with E-state index in [0.29, 0.717) is 12.0 Å². The second-order valence-electron chi connectivity index (χ2n) is 7.86. The number of ether oxygens (including phenoxy) is 1. The number of methoxy groups -OCH3 is 1. The van der Waals surface area contributed by atoms with E-state index in [-0.39, 0.29) is 28.6 Å². The number of hydrogen-bond acceptors (Lipinski definition) is 4. The van der Waals surface area contributed by atoms with E-state index in [4.69, 9.17) is 4.74 Å². The molecule has 160 valence electrons. The number of phenolic OH excluding ortho intramolecular Hbond substituents is 2. The maximum atomic E-state index is 12.5. The molecule has 0 bridgehead atoms. The number of hydrogen-bond donors (Lipinski definition) is 2. The van der Waals surface area contributed by atoms with Gasteiger partial charge in [0.2, 0.25) is 0 Å². The lowest BCUT2D eigenvalue weighted by Gasteiger charge is -2.13. The summed E-state index contributed by atoms with van der Waals surface area (Å²) in [6, 6.07) is 1.39. The van der Waals surface area contributed by atoms with Crippen molar-refractivity contribution in [2.24, 2.45) is 0 Å². The van der Waals surface area contributed by atoms with Crippen LogP contribution in [-0.2, 0) is 0 Å². The third-order valence-electron chi connectivity index (χ3n) is 5.50. The molecule has 0 aliphatic rings. The molecule has 0 spiro atoms. The number of benzene rings is 1. The standard InChI is InChI=1S/C24H40O4/c1-4-5-6-7-8-9-10-11-12-13-14-15-16-17-20(25)23-22(28-3)18-21(26)19(2)24(23)27/h18,26-27H,4-17H2,1-3H3. The van der Waals surface area contributed by atoms with E-state index in [1.165, 1.54) is 77.4 Å². The molecule has 1 aromatic rings. The van der Waals surface area contributed by atoms with Gasteiger partial charge in [0.05, 0.1) is 7.11 Å². The number of phenols is 2. The number of ketones is 1. The maximum absolute atomic E-state index is 12.5. The Balaban J connectivity index is 2.16. The molecule has 2 N–H and O–H groups in total. The van der Waals surface area contributed by atoms with Crippen molar-refractivity contribution in [1.29, 1.82) is 0 Å². The number of carbonyl (C=O) groups is 1. The summed E-state index contributed by atoms with van der Waals surface area (Å²) in [4.78, 5) is 12.5. The van der Waals surface area contributed by atoms with Gasteiger partial charge in [0, 0.05) is 18.1 Å². The van der Waals surface area contributed by atoms with Gasteiger partial charge in [-0.1, -0.05) is 84.0 Å². The highest BCUT2D eigenvalue weighted by molar-refractivity contribution is 6.02. The molecule has 0 aliphatic heterocycles. The van der Waals surface area contributed by atoms with Crippen LogP contribution in [0.5, 0.6) is 17.2 Å². The van der Waals surface area contributed by atoms with Gasteiger partial charge >= 0.3 is 0 Å². The van der Waals surface area contributed by atoms with Crippen LogP contribution in [0.1, 0.15) is 113 Å². The highest BCUT2D eigenvalue weighted by atomic mass is 16.5. The smallest absolute Gasteiger partial charge is 0.170 e. The van der Waals surface area contributed by atoms with E-state index in [0.717, 1.165) is 19.3 Å². The molecule has 0 unspecified atom stereocenters. The number of Topliss-reactive ketones (excluding diaryl/α,β-unsaturated/α-hetero) is 1. The first kappa shape index (κ1) is 24.3. The van der Waals surface area contributed by atoms with Gasteiger partial charge in [-0.05, 0) is 13.3 Å². The Morgan fingerprint density at radius 3 is 1.79 bits per heavy atom. The van der Waals surface area contributed by atoms with E-state index in [9.17, 15) is 15.0 Å². The molecule has 0 fully saturated rings. The summed E-state index contributed by atoms with van der Waals surface area (Å²) >= 11 is 0. The first-order valence-electron chi connectivity index (χ1n) is 11.2. The highest BCUT2D eigenvalue weighted by Crippen LogP contribution is 2.38. The summed E-state index contributed by atoms with van der Waals surface area (Å²) in [5.41, 5.74) is 0.506. The van der Waals surface area contributed by atoms with Crippen LogP contribution in [0.2, 0.25) is 0 Å². The zero-order valence-corrected chi connectivity index (χ0v) is 18.2. The minimum Gasteiger partial charge on any atom is -0.507 e. The molecule has 0 saturated heterocycles. The largest absolute Gasteiger partial charge is 0.507 e. The fourth-order valence-electron chi connectivity index (χ4n) is 3.59. The van der Waals surface area contributed by atoms with Crippen molar-refractivity contribution in [1.82, 2.24) is 0 Å². The molecule has 0 radical (unpaired) electrons. The Bertz CT molecular complexity index is 580. The molecule has 28 heavy (non-hydrogen) atoms. The zero-order valence-electron chi connectivity index (χ0n) is 18.2. The topological polar surface area (TPSA) is 66.8 Å². The average Bonchev–Trinajstić information content (AvgIpc) is 2.69. The molecule has 0 aliphatic carbocycles. The van der Waals surface area contributed by atoms with E-state index in [1.54, 1.807) is 6.92 Å². The van der Waals surface area contributed by atoms with E-state index >= 15 is 0 Å². The Kier molecular flexibility index (Phi) is 12.4. The minimum absolute atomic E-state index is 0.0631. The predicted octanol–water partition coefficient (Wildman–Crippen LogP) is 7.08. The first-order valence-corrected chi connectivity index (χ1v) is 11.2. The molecule has 1 aromatic carbocycles. The van der Waals surface area contributed by atoms with E-state index in [1.807, 2.05) is 0 Å². The fraction of sp³-hybridized carbons (Fsp3) is 0.708. The Morgan fingerprint density at radius 2 is 1.32 bits per heavy atom. The average molecular weight is 393 g/mol. The van der Waals surface area contributed by atoms with E-state index in [2.05, 4.69) is 6.92 Å². The third kappa shape index (κ3) is 8.53. The third-order valence-corrected chi connectivity index (χ3v) is 5.50. The van der Waals surface area contributed by atoms with Crippen LogP contribution in [0.15, 0.2) is 6.07 Å². The molecule has 0 atom stereocenters. The van der Waals surface area contributed by atoms with Gasteiger partial charge in [0.25, 0.3) is 0 Å². The van der Waals surface area contributed by atoms with Crippen molar-refractivity contribution in [3.05, 3.63) is 17.2 Å². The fourth-order valence-corrected chi connectivity index (χ4v) is 3.59. The molecular formula is C24H40O4. The Labute approximate surface area is 171 Å². The minimum atomic E-state index is -0.170. The number of rotatable bonds is 16. The van der Waals surface area contributed by atoms with Crippen LogP contribution in [0, 0.1) is 6.92 Å². The van der Waals surface area contributed by atoms with Gasteiger partial charge in [0.15, 0.2) is 5.78 Å². The van der Waals surface area contributed by atoms with Crippen molar-refractivity contribution in [2.75, 3.05) is 7.11 Å². The molecule has 0 amide bonds. The van der Waals surface area contributed by atoms with E-state index < -0.39 is 0 Å². The summed E-state index contributed by atoms with van der Waals surface area (Å²) in [5.74, 6) is -0.121. The predicted molar refractivity (Wildman–Crippen MR) is 116 cm³/mol. The first-order chi connectivity index (χ1) is 13.5. The van der Waals surface area contributed by atoms with Crippen LogP contribution in [-0.4, -0.2) is 23.1 Å². The quantitative estimate of drug-likeness (QED) is 0.233. The molecule has 4 heteroatoms. The van der Waals surface area contributed by atoms with Crippen LogP contribution in [0.3, 0.4) is 0 Å². The second kappa shape index (κ2) is 14.3. The molecule has 0 heterocycles. The van der Waals surface area contributed by atoms with Crippen molar-refractivity contribution in [3.63, 3.8) is 0 Å². The van der Waals surface area contributed by atoms with Gasteiger partial charge < -0.3 is 14.9 Å². The molecule has 0 aromatic heterocycles. The number of carbonyl (C=O) groups excluding carboxylic acids is 1. The molecule has 0 saturated carbocycles. The van der Waals surface area contributed by atoms with Gasteiger partial charge in [-0.2, -0.15) is 0 Å². The second-order valence-corrected chi connectivity index (χ2v) is 7.86. The summed E-state index contributed by atoms with van der Waals surface area (Å²) in [6.07, 6.45) is 16.8. The van der Waals surface area contributed by atoms with Crippen molar-refractivity contribution < 1.29 is 19.7 Å². The lowest BCUT2D eigenvalue weighted by atomic mass is 9.99. The van der Waals surface area contributed by atoms with Crippen LogP contribution < -0.4 is 4.74 Å². The Hall–Kier alpha value is -1.71. The normalized spacial score (nSPS) is 11.0. The summed E-state index contributed by atoms with van der Waals surface area (Å²) in [7, 11) is 1.44. The van der Waals surface area contributed by atoms with Gasteiger partial charge in [-0.3, -0.25) is 4.79 Å². The molecule has 1 rings (SSSR count). The molecular weight excluding hydrogens is 352 g/mol. The van der Waals surface area contributed by atoms with Gasteiger partial charge in [-0.25, -0.2) is 0 Å². The SMILES string of the molecule is CCCCCCCCCCCCCCCC(=O)c1c(OC)cc(O)c(C)c1O. The van der Waals surface area contributed by atoms with Crippen LogP contribution in [0.4, 0.5) is 0 Å². The summed E-state index contributed by atoms with van der Waals surface area (Å²) < 4.78 is 5.16. The van der Waals surface area contributed by atoms with Crippen LogP contribution >= 0.6 is 0 Å². The number of unbranched alkanes of at least 4 members (excludes halogenated alkanes) is 12. The summed E-state index contributed by atoms with van der Waals surface area (Å²) in [6.45, 7) is 3.84. The van der Waals surface area contributed by atoms with Crippen LogP contribution in [0.25, 0.3) is 0 Å². The van der Waals surface area contributed by atoms with Crippen molar-refractivity contribution in [2.45, 2.75) is 104 Å². The maximum Gasteiger partial charge on any atom is 0.170 e. The van der Waals surface area contributed by atoms with Crippen molar-refractivity contribution in [3.8, 4) is 17.2 Å². The van der Waals surface area contributed by atoms with Gasteiger partial charge in [0.1, 0.15) is 22.8 Å². The van der Waals surface area contributed by atoms with Gasteiger partial charge in [-0.15, -0.1) is 0 Å². The van der Waals surface area contributed by atoms with Crippen molar-refractivity contribution >= 4 is 5.78 Å². The zero-order chi connectivity index (χ0) is 20.8. The molecule has 4 nitrogen and oxygen atoms in total. The lowest BCUT2D eigenvalue weighted by molar-refractivity contribution is 0.0973. The number of aromatic hydroxyl groups is 2. The highest BCUT2D eigenvalue weighted by Gasteiger charge is 2.21. The monoisotopic (exact) mass is 392 g/mol. The summed E-state index contributed by atoms with van der Waals surface area (Å²) in [5, 5.41) is 20.0.